The van der Waals surface area contributed by atoms with Gasteiger partial charge in [0, 0.05) is 18.9 Å². The molecule has 1 fully saturated rings. The summed E-state index contributed by atoms with van der Waals surface area (Å²) in [5.74, 6) is 0.518. The molecule has 1 atom stereocenters. The third-order valence-electron chi connectivity index (χ3n) is 4.74. The largest absolute Gasteiger partial charge is 0.457 e. The summed E-state index contributed by atoms with van der Waals surface area (Å²) in [5, 5.41) is 4.23. The topological polar surface area (TPSA) is 36.3 Å². The van der Waals surface area contributed by atoms with Gasteiger partial charge in [0.15, 0.2) is 0 Å². The lowest BCUT2D eigenvalue weighted by Crippen LogP contribution is -2.41. The lowest BCUT2D eigenvalue weighted by atomic mass is 9.81. The molecule has 1 unspecified atom stereocenters. The Balaban J connectivity index is 1.79. The Hall–Kier alpha value is -0.805. The number of hydrogen-bond donors (Lipinski definition) is 0. The van der Waals surface area contributed by atoms with Crippen molar-refractivity contribution in [3.05, 3.63) is 18.0 Å². The summed E-state index contributed by atoms with van der Waals surface area (Å²) in [6.45, 7) is 10.7. The van der Waals surface area contributed by atoms with Crippen molar-refractivity contribution in [1.29, 1.82) is 0 Å². The summed E-state index contributed by atoms with van der Waals surface area (Å²) >= 11 is 0. The number of aryl methyl sites for hydroxylation is 1. The van der Waals surface area contributed by atoms with Crippen LogP contribution in [0.2, 0.25) is 6.32 Å². The Labute approximate surface area is 123 Å². The van der Waals surface area contributed by atoms with E-state index < -0.39 is 0 Å². The van der Waals surface area contributed by atoms with E-state index in [-0.39, 0.29) is 18.3 Å². The molecule has 1 aliphatic rings. The van der Waals surface area contributed by atoms with Crippen molar-refractivity contribution < 1.29 is 9.31 Å². The van der Waals surface area contributed by atoms with Crippen molar-refractivity contribution in [1.82, 2.24) is 9.78 Å². The van der Waals surface area contributed by atoms with E-state index in [2.05, 4.69) is 45.8 Å². The van der Waals surface area contributed by atoms with Crippen LogP contribution in [0.25, 0.3) is 0 Å². The first-order valence-corrected chi connectivity index (χ1v) is 7.56. The molecule has 1 aliphatic heterocycles. The Morgan fingerprint density at radius 2 is 1.85 bits per heavy atom. The smallest absolute Gasteiger partial charge is 0.403 e. The van der Waals surface area contributed by atoms with Gasteiger partial charge in [0.05, 0.1) is 11.2 Å². The van der Waals surface area contributed by atoms with Crippen LogP contribution in [0.15, 0.2) is 12.3 Å². The lowest BCUT2D eigenvalue weighted by Gasteiger charge is -2.32. The fourth-order valence-electron chi connectivity index (χ4n) is 2.69. The van der Waals surface area contributed by atoms with E-state index in [1.165, 1.54) is 5.69 Å². The van der Waals surface area contributed by atoms with Gasteiger partial charge in [-0.15, -0.1) is 0 Å². The molecule has 0 saturated carbocycles. The van der Waals surface area contributed by atoms with Crippen LogP contribution >= 0.6 is 0 Å². The van der Waals surface area contributed by atoms with Crippen LogP contribution in [0.5, 0.6) is 0 Å². The predicted molar refractivity (Wildman–Crippen MR) is 81.7 cm³/mol. The van der Waals surface area contributed by atoms with Crippen LogP contribution in [-0.2, 0) is 16.4 Å². The van der Waals surface area contributed by atoms with Crippen molar-refractivity contribution in [2.45, 2.75) is 70.9 Å². The highest BCUT2D eigenvalue weighted by atomic mass is 16.7. The van der Waals surface area contributed by atoms with E-state index in [1.54, 1.807) is 0 Å². The maximum absolute atomic E-state index is 6.02. The molecule has 4 nitrogen and oxygen atoms in total. The van der Waals surface area contributed by atoms with Crippen LogP contribution in [0.4, 0.5) is 0 Å². The van der Waals surface area contributed by atoms with Gasteiger partial charge in [-0.25, -0.2) is 0 Å². The molecule has 1 saturated heterocycles. The van der Waals surface area contributed by atoms with Gasteiger partial charge in [0.1, 0.15) is 0 Å². The summed E-state index contributed by atoms with van der Waals surface area (Å²) in [6.07, 6.45) is 5.04. The highest BCUT2D eigenvalue weighted by Gasteiger charge is 2.50. The number of nitrogens with zero attached hydrogens (tertiary/aromatic N) is 2. The molecule has 2 rings (SSSR count). The molecule has 0 aliphatic carbocycles. The van der Waals surface area contributed by atoms with E-state index in [4.69, 9.17) is 9.31 Å². The number of aromatic nitrogens is 2. The quantitative estimate of drug-likeness (QED) is 0.774. The zero-order chi connectivity index (χ0) is 15.0. The molecule has 0 N–H and O–H groups in total. The van der Waals surface area contributed by atoms with Gasteiger partial charge in [-0.1, -0.05) is 13.3 Å². The SMILES string of the molecule is CC(CCCB1OC(C)(C)C(C)(C)O1)c1ccnn1C. The molecule has 0 spiro atoms. The molecular formula is C15H27BN2O2. The number of rotatable bonds is 5. The molecule has 0 aromatic carbocycles. The fourth-order valence-corrected chi connectivity index (χ4v) is 2.69. The van der Waals surface area contributed by atoms with Gasteiger partial charge < -0.3 is 9.31 Å². The Morgan fingerprint density at radius 1 is 1.25 bits per heavy atom. The summed E-state index contributed by atoms with van der Waals surface area (Å²) in [5.41, 5.74) is 0.857. The minimum Gasteiger partial charge on any atom is -0.403 e. The first kappa shape index (κ1) is 15.6. The van der Waals surface area contributed by atoms with Gasteiger partial charge in [0.2, 0.25) is 0 Å². The van der Waals surface area contributed by atoms with Crippen LogP contribution in [-0.4, -0.2) is 28.1 Å². The van der Waals surface area contributed by atoms with Crippen molar-refractivity contribution in [3.63, 3.8) is 0 Å². The third-order valence-corrected chi connectivity index (χ3v) is 4.74. The molecule has 20 heavy (non-hydrogen) atoms. The maximum atomic E-state index is 6.02. The van der Waals surface area contributed by atoms with Gasteiger partial charge in [-0.3, -0.25) is 4.68 Å². The highest BCUT2D eigenvalue weighted by Crippen LogP contribution is 2.38. The Kier molecular flexibility index (Phi) is 4.31. The van der Waals surface area contributed by atoms with Crippen LogP contribution in [0, 0.1) is 0 Å². The van der Waals surface area contributed by atoms with Crippen LogP contribution < -0.4 is 0 Å². The first-order chi connectivity index (χ1) is 9.23. The predicted octanol–water partition coefficient (Wildman–Crippen LogP) is 3.40. The Morgan fingerprint density at radius 3 is 2.35 bits per heavy atom. The van der Waals surface area contributed by atoms with Crippen molar-refractivity contribution in [3.8, 4) is 0 Å². The molecule has 0 amide bonds. The van der Waals surface area contributed by atoms with E-state index in [0.29, 0.717) is 5.92 Å². The van der Waals surface area contributed by atoms with Crippen LogP contribution in [0.1, 0.15) is 59.1 Å². The molecule has 112 valence electrons. The summed E-state index contributed by atoms with van der Waals surface area (Å²) in [4.78, 5) is 0. The average Bonchev–Trinajstić information content (AvgIpc) is 2.81. The highest BCUT2D eigenvalue weighted by molar-refractivity contribution is 6.45. The van der Waals surface area contributed by atoms with E-state index >= 15 is 0 Å². The van der Waals surface area contributed by atoms with Gasteiger partial charge in [-0.05, 0) is 52.4 Å². The van der Waals surface area contributed by atoms with Crippen LogP contribution in [0.3, 0.4) is 0 Å². The first-order valence-electron chi connectivity index (χ1n) is 7.56. The van der Waals surface area contributed by atoms with Crippen molar-refractivity contribution in [2.75, 3.05) is 0 Å². The minimum absolute atomic E-state index is 0.0706. The second kappa shape index (κ2) is 5.53. The average molecular weight is 278 g/mol. The van der Waals surface area contributed by atoms with E-state index in [9.17, 15) is 0 Å². The third kappa shape index (κ3) is 3.09. The van der Waals surface area contributed by atoms with E-state index in [1.807, 2.05) is 17.9 Å². The fraction of sp³-hybridized carbons (Fsp3) is 0.800. The second-order valence-corrected chi connectivity index (χ2v) is 6.90. The van der Waals surface area contributed by atoms with Gasteiger partial charge >= 0.3 is 7.12 Å². The molecule has 1 aromatic heterocycles. The zero-order valence-electron chi connectivity index (χ0n) is 13.6. The van der Waals surface area contributed by atoms with Gasteiger partial charge in [0.25, 0.3) is 0 Å². The normalized spacial score (nSPS) is 22.2. The number of hydrogen-bond acceptors (Lipinski definition) is 3. The lowest BCUT2D eigenvalue weighted by molar-refractivity contribution is 0.00578. The van der Waals surface area contributed by atoms with E-state index in [0.717, 1.165) is 19.2 Å². The van der Waals surface area contributed by atoms with Gasteiger partial charge in [-0.2, -0.15) is 5.10 Å². The molecular weight excluding hydrogens is 251 g/mol. The second-order valence-electron chi connectivity index (χ2n) is 6.90. The van der Waals surface area contributed by atoms with Crippen molar-refractivity contribution >= 4 is 7.12 Å². The molecule has 5 heteroatoms. The summed E-state index contributed by atoms with van der Waals surface area (Å²) in [7, 11) is 1.93. The summed E-state index contributed by atoms with van der Waals surface area (Å²) in [6, 6.07) is 2.10. The monoisotopic (exact) mass is 278 g/mol. The zero-order valence-corrected chi connectivity index (χ0v) is 13.6. The molecule has 0 bridgehead atoms. The molecule has 2 heterocycles. The molecule has 1 aromatic rings. The van der Waals surface area contributed by atoms with Crippen molar-refractivity contribution in [2.24, 2.45) is 7.05 Å². The minimum atomic E-state index is -0.217. The molecule has 0 radical (unpaired) electrons. The summed E-state index contributed by atoms with van der Waals surface area (Å²) < 4.78 is 14.0. The standard InChI is InChI=1S/C15H27BN2O2/c1-12(13-9-11-17-18(13)6)8-7-10-16-19-14(2,3)15(4,5)20-16/h9,11-12H,7-8,10H2,1-6H3. The maximum Gasteiger partial charge on any atom is 0.457 e. The Bertz CT molecular complexity index is 440.